The van der Waals surface area contributed by atoms with Gasteiger partial charge in [0.1, 0.15) is 11.5 Å². The zero-order chi connectivity index (χ0) is 15.6. The third kappa shape index (κ3) is 3.26. The maximum absolute atomic E-state index is 10.9. The number of nitrogens with zero attached hydrogens (tertiary/aromatic N) is 2. The van der Waals surface area contributed by atoms with Crippen LogP contribution in [0.4, 0.5) is 17.2 Å². The van der Waals surface area contributed by atoms with Crippen molar-refractivity contribution in [1.82, 2.24) is 4.98 Å². The molecule has 2 N–H and O–H groups in total. The van der Waals surface area contributed by atoms with Gasteiger partial charge in [0.2, 0.25) is 0 Å². The van der Waals surface area contributed by atoms with E-state index in [1.54, 1.807) is 0 Å². The van der Waals surface area contributed by atoms with E-state index in [1.165, 1.54) is 37.3 Å². The van der Waals surface area contributed by atoms with E-state index < -0.39 is 10.9 Å². The second-order valence-electron chi connectivity index (χ2n) is 4.18. The smallest absolute Gasteiger partial charge is 0.337 e. The molecular weight excluding hydrogens is 298 g/mol. The van der Waals surface area contributed by atoms with Crippen molar-refractivity contribution < 1.29 is 14.8 Å². The average Bonchev–Trinajstić information content (AvgIpc) is 2.37. The number of carboxylic acid groups (broad SMARTS) is 1. The molecule has 1 heterocycles. The van der Waals surface area contributed by atoms with E-state index in [2.05, 4.69) is 10.3 Å². The van der Waals surface area contributed by atoms with Crippen LogP contribution < -0.4 is 5.32 Å². The molecule has 1 aromatic carbocycles. The molecule has 2 aromatic rings. The SMILES string of the molecule is Cc1nc(Nc2ccc(C(=O)O)c(Cl)c2)ccc1[N+](=O)[O-]. The lowest BCUT2D eigenvalue weighted by atomic mass is 10.2. The molecule has 108 valence electrons. The van der Waals surface area contributed by atoms with Gasteiger partial charge < -0.3 is 10.4 Å². The largest absolute Gasteiger partial charge is 0.478 e. The molecule has 0 spiro atoms. The zero-order valence-corrected chi connectivity index (χ0v) is 11.6. The highest BCUT2D eigenvalue weighted by Crippen LogP contribution is 2.25. The number of pyridine rings is 1. The van der Waals surface area contributed by atoms with E-state index in [4.69, 9.17) is 16.7 Å². The van der Waals surface area contributed by atoms with Crippen LogP contribution in [0.5, 0.6) is 0 Å². The molecule has 0 unspecified atom stereocenters. The molecule has 7 nitrogen and oxygen atoms in total. The monoisotopic (exact) mass is 307 g/mol. The fourth-order valence-electron chi connectivity index (χ4n) is 1.73. The Hall–Kier alpha value is -2.67. The van der Waals surface area contributed by atoms with E-state index in [-0.39, 0.29) is 22.0 Å². The van der Waals surface area contributed by atoms with Gasteiger partial charge in [-0.05, 0) is 31.2 Å². The average molecular weight is 308 g/mol. The number of aryl methyl sites for hydroxylation is 1. The summed E-state index contributed by atoms with van der Waals surface area (Å²) in [5.74, 6) is -0.715. The highest BCUT2D eigenvalue weighted by atomic mass is 35.5. The van der Waals surface area contributed by atoms with E-state index in [9.17, 15) is 14.9 Å². The molecule has 0 fully saturated rings. The first-order valence-corrected chi connectivity index (χ1v) is 6.18. The third-order valence-corrected chi connectivity index (χ3v) is 3.04. The number of aromatic carboxylic acids is 1. The number of nitrogens with one attached hydrogen (secondary N) is 1. The van der Waals surface area contributed by atoms with E-state index >= 15 is 0 Å². The van der Waals surface area contributed by atoms with Crippen LogP contribution in [0.3, 0.4) is 0 Å². The molecule has 0 radical (unpaired) electrons. The van der Waals surface area contributed by atoms with Crippen molar-refractivity contribution in [2.24, 2.45) is 0 Å². The summed E-state index contributed by atoms with van der Waals surface area (Å²) in [7, 11) is 0. The highest BCUT2D eigenvalue weighted by Gasteiger charge is 2.13. The molecule has 0 bridgehead atoms. The Bertz CT molecular complexity index is 672. The van der Waals surface area contributed by atoms with E-state index in [1.807, 2.05) is 0 Å². The van der Waals surface area contributed by atoms with Gasteiger partial charge in [0.05, 0.1) is 15.5 Å². The van der Waals surface area contributed by atoms with Gasteiger partial charge in [0, 0.05) is 11.8 Å². The van der Waals surface area contributed by atoms with Crippen LogP contribution in [0.15, 0.2) is 30.3 Å². The summed E-state index contributed by atoms with van der Waals surface area (Å²) in [5.41, 5.74) is 0.735. The quantitative estimate of drug-likeness (QED) is 0.662. The number of hydrogen-bond acceptors (Lipinski definition) is 5. The van der Waals surface area contributed by atoms with Crippen LogP contribution in [-0.2, 0) is 0 Å². The van der Waals surface area contributed by atoms with Crippen molar-refractivity contribution in [3.8, 4) is 0 Å². The van der Waals surface area contributed by atoms with Crippen molar-refractivity contribution in [3.63, 3.8) is 0 Å². The normalized spacial score (nSPS) is 10.2. The van der Waals surface area contributed by atoms with Gasteiger partial charge in [-0.3, -0.25) is 10.1 Å². The Morgan fingerprint density at radius 1 is 1.38 bits per heavy atom. The first-order chi connectivity index (χ1) is 9.88. The van der Waals surface area contributed by atoms with Gasteiger partial charge in [0.15, 0.2) is 0 Å². The third-order valence-electron chi connectivity index (χ3n) is 2.73. The number of anilines is 2. The summed E-state index contributed by atoms with van der Waals surface area (Å²) in [4.78, 5) is 25.1. The fourth-order valence-corrected chi connectivity index (χ4v) is 1.99. The summed E-state index contributed by atoms with van der Waals surface area (Å²) in [6, 6.07) is 7.16. The van der Waals surface area contributed by atoms with Gasteiger partial charge >= 0.3 is 5.97 Å². The van der Waals surface area contributed by atoms with Crippen molar-refractivity contribution in [2.45, 2.75) is 6.92 Å². The van der Waals surface area contributed by atoms with Gasteiger partial charge in [-0.15, -0.1) is 0 Å². The fraction of sp³-hybridized carbons (Fsp3) is 0.0769. The molecule has 0 atom stereocenters. The molecular formula is C13H10ClN3O4. The molecule has 0 saturated heterocycles. The van der Waals surface area contributed by atoms with Crippen LogP contribution in [0.25, 0.3) is 0 Å². The van der Waals surface area contributed by atoms with Crippen LogP contribution in [0, 0.1) is 17.0 Å². The predicted molar refractivity (Wildman–Crippen MR) is 77.3 cm³/mol. The van der Waals surface area contributed by atoms with E-state index in [0.717, 1.165) is 0 Å². The molecule has 1 aromatic heterocycles. The lowest BCUT2D eigenvalue weighted by Crippen LogP contribution is -2.00. The second kappa shape index (κ2) is 5.76. The number of aromatic nitrogens is 1. The Morgan fingerprint density at radius 3 is 2.62 bits per heavy atom. The van der Waals surface area contributed by atoms with Gasteiger partial charge in [-0.2, -0.15) is 0 Å². The van der Waals surface area contributed by atoms with Gasteiger partial charge in [-0.1, -0.05) is 11.6 Å². The molecule has 0 saturated carbocycles. The number of rotatable bonds is 4. The minimum absolute atomic E-state index is 0.00458. The molecule has 2 rings (SSSR count). The first-order valence-electron chi connectivity index (χ1n) is 5.80. The minimum atomic E-state index is -1.11. The van der Waals surface area contributed by atoms with Crippen molar-refractivity contribution >= 4 is 34.8 Å². The Balaban J connectivity index is 2.26. The van der Waals surface area contributed by atoms with Crippen LogP contribution in [0.2, 0.25) is 5.02 Å². The van der Waals surface area contributed by atoms with Crippen molar-refractivity contribution in [2.75, 3.05) is 5.32 Å². The van der Waals surface area contributed by atoms with Crippen LogP contribution >= 0.6 is 11.6 Å². The maximum atomic E-state index is 10.9. The lowest BCUT2D eigenvalue weighted by molar-refractivity contribution is -0.385. The standard InChI is InChI=1S/C13H10ClN3O4/c1-7-11(17(20)21)4-5-12(15-7)16-8-2-3-9(13(18)19)10(14)6-8/h2-6H,1H3,(H,15,16)(H,18,19). The van der Waals surface area contributed by atoms with E-state index in [0.29, 0.717) is 11.5 Å². The zero-order valence-electron chi connectivity index (χ0n) is 10.8. The number of carboxylic acids is 1. The first kappa shape index (κ1) is 14.7. The number of benzene rings is 1. The van der Waals surface area contributed by atoms with Crippen molar-refractivity contribution in [3.05, 3.63) is 56.7 Å². The second-order valence-corrected chi connectivity index (χ2v) is 4.59. The van der Waals surface area contributed by atoms with Crippen LogP contribution in [0.1, 0.15) is 16.1 Å². The Kier molecular flexibility index (Phi) is 4.04. The summed E-state index contributed by atoms with van der Waals surface area (Å²) < 4.78 is 0. The molecule has 0 aliphatic rings. The Labute approximate surface area is 124 Å². The molecule has 0 aliphatic heterocycles. The van der Waals surface area contributed by atoms with Crippen molar-refractivity contribution in [1.29, 1.82) is 0 Å². The Morgan fingerprint density at radius 2 is 2.10 bits per heavy atom. The number of halogens is 1. The van der Waals surface area contributed by atoms with Gasteiger partial charge in [-0.25, -0.2) is 9.78 Å². The predicted octanol–water partition coefficient (Wildman–Crippen LogP) is 3.39. The highest BCUT2D eigenvalue weighted by molar-refractivity contribution is 6.33. The molecule has 21 heavy (non-hydrogen) atoms. The topological polar surface area (TPSA) is 105 Å². The summed E-state index contributed by atoms with van der Waals surface area (Å²) in [5, 5.41) is 22.6. The van der Waals surface area contributed by atoms with Crippen LogP contribution in [-0.4, -0.2) is 21.0 Å². The molecule has 8 heteroatoms. The number of carbonyl (C=O) groups is 1. The lowest BCUT2D eigenvalue weighted by Gasteiger charge is -2.08. The molecule has 0 aliphatic carbocycles. The maximum Gasteiger partial charge on any atom is 0.337 e. The summed E-state index contributed by atoms with van der Waals surface area (Å²) in [6.07, 6.45) is 0. The number of nitro groups is 1. The minimum Gasteiger partial charge on any atom is -0.478 e. The molecule has 0 amide bonds. The van der Waals surface area contributed by atoms with Gasteiger partial charge in [0.25, 0.3) is 5.69 Å². The summed E-state index contributed by atoms with van der Waals surface area (Å²) in [6.45, 7) is 1.53. The number of hydrogen-bond donors (Lipinski definition) is 2. The summed E-state index contributed by atoms with van der Waals surface area (Å²) >= 11 is 5.86.